The number of aryl methyl sites for hydroxylation is 1. The molecule has 0 aliphatic carbocycles. The van der Waals surface area contributed by atoms with Crippen molar-refractivity contribution in [1.29, 1.82) is 0 Å². The molecule has 0 radical (unpaired) electrons. The molecular formula is C21H27ClN2O4S. The van der Waals surface area contributed by atoms with Crippen molar-refractivity contribution >= 4 is 27.5 Å². The van der Waals surface area contributed by atoms with Crippen LogP contribution in [0.5, 0.6) is 5.75 Å². The van der Waals surface area contributed by atoms with Crippen LogP contribution in [-0.4, -0.2) is 37.8 Å². The highest BCUT2D eigenvalue weighted by Gasteiger charge is 2.23. The molecule has 1 unspecified atom stereocenters. The van der Waals surface area contributed by atoms with Gasteiger partial charge in [0.05, 0.1) is 4.90 Å². The first-order chi connectivity index (χ1) is 13.5. The molecule has 8 heteroatoms. The van der Waals surface area contributed by atoms with Gasteiger partial charge < -0.3 is 10.1 Å². The Morgan fingerprint density at radius 2 is 1.76 bits per heavy atom. The lowest BCUT2D eigenvalue weighted by atomic mass is 10.2. The number of hydrogen-bond donors (Lipinski definition) is 1. The maximum atomic E-state index is 12.5. The zero-order valence-electron chi connectivity index (χ0n) is 17.3. The molecule has 0 spiro atoms. The number of nitrogens with one attached hydrogen (secondary N) is 1. The molecular weight excluding hydrogens is 412 g/mol. The Balaban J connectivity index is 1.96. The van der Waals surface area contributed by atoms with Gasteiger partial charge in [-0.1, -0.05) is 23.7 Å². The molecule has 2 aromatic carbocycles. The molecule has 29 heavy (non-hydrogen) atoms. The number of halogens is 1. The van der Waals surface area contributed by atoms with Gasteiger partial charge in [0.25, 0.3) is 5.91 Å². The summed E-state index contributed by atoms with van der Waals surface area (Å²) in [4.78, 5) is 12.5. The average molecular weight is 439 g/mol. The summed E-state index contributed by atoms with van der Waals surface area (Å²) < 4.78 is 32.0. The van der Waals surface area contributed by atoms with Crippen LogP contribution in [0.4, 0.5) is 0 Å². The molecule has 0 aromatic heterocycles. The number of benzene rings is 2. The predicted molar refractivity (Wildman–Crippen MR) is 115 cm³/mol. The summed E-state index contributed by atoms with van der Waals surface area (Å²) in [5, 5.41) is 3.41. The van der Waals surface area contributed by atoms with E-state index in [0.29, 0.717) is 10.8 Å². The molecule has 2 rings (SSSR count). The standard InChI is InChI=1S/C21H27ClN2O4S/c1-14(2)24(5)29(26,27)19-9-6-17(7-10-19)13-23-21(25)16(4)28-20-11-8-18(22)12-15(20)3/h6-12,14,16H,13H2,1-5H3,(H,23,25). The fraction of sp³-hybridized carbons (Fsp3) is 0.381. The van der Waals surface area contributed by atoms with E-state index in [2.05, 4.69) is 5.32 Å². The SMILES string of the molecule is Cc1cc(Cl)ccc1OC(C)C(=O)NCc1ccc(S(=O)(=O)N(C)C(C)C)cc1. The number of carbonyl (C=O) groups excluding carboxylic acids is 1. The molecule has 1 amide bonds. The second kappa shape index (κ2) is 9.61. The number of sulfonamides is 1. The number of hydrogen-bond acceptors (Lipinski definition) is 4. The van der Waals surface area contributed by atoms with Crippen LogP contribution in [0, 0.1) is 6.92 Å². The van der Waals surface area contributed by atoms with E-state index >= 15 is 0 Å². The average Bonchev–Trinajstić information content (AvgIpc) is 2.67. The number of carbonyl (C=O) groups is 1. The molecule has 1 atom stereocenters. The summed E-state index contributed by atoms with van der Waals surface area (Å²) in [6.45, 7) is 7.43. The third kappa shape index (κ3) is 5.95. The van der Waals surface area contributed by atoms with Crippen LogP contribution in [0.25, 0.3) is 0 Å². The summed E-state index contributed by atoms with van der Waals surface area (Å²) in [5.74, 6) is 0.330. The normalized spacial score (nSPS) is 12.8. The van der Waals surface area contributed by atoms with E-state index < -0.39 is 16.1 Å². The molecule has 0 bridgehead atoms. The van der Waals surface area contributed by atoms with Gasteiger partial charge in [0.15, 0.2) is 6.10 Å². The summed E-state index contributed by atoms with van der Waals surface area (Å²) in [6, 6.07) is 11.6. The Morgan fingerprint density at radius 3 is 2.31 bits per heavy atom. The largest absolute Gasteiger partial charge is 0.481 e. The van der Waals surface area contributed by atoms with E-state index in [9.17, 15) is 13.2 Å². The van der Waals surface area contributed by atoms with Crippen LogP contribution in [0.3, 0.4) is 0 Å². The van der Waals surface area contributed by atoms with Gasteiger partial charge in [-0.25, -0.2) is 8.42 Å². The fourth-order valence-corrected chi connectivity index (χ4v) is 4.14. The minimum Gasteiger partial charge on any atom is -0.481 e. The van der Waals surface area contributed by atoms with Crippen molar-refractivity contribution in [2.75, 3.05) is 7.05 Å². The van der Waals surface area contributed by atoms with E-state index in [4.69, 9.17) is 16.3 Å². The van der Waals surface area contributed by atoms with Crippen LogP contribution in [0.2, 0.25) is 5.02 Å². The van der Waals surface area contributed by atoms with Gasteiger partial charge in [-0.3, -0.25) is 4.79 Å². The minimum absolute atomic E-state index is 0.135. The van der Waals surface area contributed by atoms with Gasteiger partial charge in [-0.05, 0) is 69.2 Å². The summed E-state index contributed by atoms with van der Waals surface area (Å²) in [7, 11) is -1.97. The molecule has 158 valence electrons. The van der Waals surface area contributed by atoms with Gasteiger partial charge in [0, 0.05) is 24.7 Å². The Morgan fingerprint density at radius 1 is 1.14 bits per heavy atom. The fourth-order valence-electron chi connectivity index (χ4n) is 2.55. The number of amides is 1. The van der Waals surface area contributed by atoms with Crippen LogP contribution in [-0.2, 0) is 21.4 Å². The van der Waals surface area contributed by atoms with Crippen molar-refractivity contribution < 1.29 is 17.9 Å². The van der Waals surface area contributed by atoms with Crippen molar-refractivity contribution in [2.24, 2.45) is 0 Å². The van der Waals surface area contributed by atoms with Crippen LogP contribution >= 0.6 is 11.6 Å². The molecule has 0 fully saturated rings. The minimum atomic E-state index is -3.52. The van der Waals surface area contributed by atoms with Crippen molar-refractivity contribution in [3.05, 3.63) is 58.6 Å². The maximum Gasteiger partial charge on any atom is 0.261 e. The molecule has 6 nitrogen and oxygen atoms in total. The zero-order valence-corrected chi connectivity index (χ0v) is 18.8. The maximum absolute atomic E-state index is 12.5. The number of nitrogens with zero attached hydrogens (tertiary/aromatic N) is 1. The molecule has 0 aliphatic heterocycles. The molecule has 0 saturated heterocycles. The van der Waals surface area contributed by atoms with E-state index in [0.717, 1.165) is 11.1 Å². The van der Waals surface area contributed by atoms with E-state index in [-0.39, 0.29) is 23.4 Å². The van der Waals surface area contributed by atoms with Gasteiger partial charge >= 0.3 is 0 Å². The lowest BCUT2D eigenvalue weighted by molar-refractivity contribution is -0.127. The lowest BCUT2D eigenvalue weighted by Gasteiger charge is -2.21. The first-order valence-electron chi connectivity index (χ1n) is 9.30. The summed E-state index contributed by atoms with van der Waals surface area (Å²) in [6.07, 6.45) is -0.686. The molecule has 0 heterocycles. The third-order valence-electron chi connectivity index (χ3n) is 4.60. The second-order valence-corrected chi connectivity index (χ2v) is 9.58. The number of rotatable bonds is 8. The molecule has 0 aliphatic rings. The van der Waals surface area contributed by atoms with Crippen molar-refractivity contribution in [1.82, 2.24) is 9.62 Å². The quantitative estimate of drug-likeness (QED) is 0.680. The second-order valence-electron chi connectivity index (χ2n) is 7.15. The first kappa shape index (κ1) is 23.2. The first-order valence-corrected chi connectivity index (χ1v) is 11.1. The highest BCUT2D eigenvalue weighted by molar-refractivity contribution is 7.89. The van der Waals surface area contributed by atoms with Crippen molar-refractivity contribution in [3.63, 3.8) is 0 Å². The van der Waals surface area contributed by atoms with Gasteiger partial charge in [0.2, 0.25) is 10.0 Å². The van der Waals surface area contributed by atoms with E-state index in [1.165, 1.54) is 4.31 Å². The van der Waals surface area contributed by atoms with Gasteiger partial charge in [0.1, 0.15) is 5.75 Å². The lowest BCUT2D eigenvalue weighted by Crippen LogP contribution is -2.36. The van der Waals surface area contributed by atoms with Gasteiger partial charge in [-0.2, -0.15) is 4.31 Å². The van der Waals surface area contributed by atoms with Crippen molar-refractivity contribution in [3.8, 4) is 5.75 Å². The van der Waals surface area contributed by atoms with E-state index in [1.807, 2.05) is 20.8 Å². The van der Waals surface area contributed by atoms with Crippen LogP contribution in [0.1, 0.15) is 31.9 Å². The highest BCUT2D eigenvalue weighted by Crippen LogP contribution is 2.23. The third-order valence-corrected chi connectivity index (χ3v) is 6.89. The van der Waals surface area contributed by atoms with Gasteiger partial charge in [-0.15, -0.1) is 0 Å². The monoisotopic (exact) mass is 438 g/mol. The van der Waals surface area contributed by atoms with Crippen LogP contribution in [0.15, 0.2) is 47.4 Å². The smallest absolute Gasteiger partial charge is 0.261 e. The predicted octanol–water partition coefficient (Wildman–Crippen LogP) is 3.76. The topological polar surface area (TPSA) is 75.7 Å². The molecule has 2 aromatic rings. The van der Waals surface area contributed by atoms with Crippen LogP contribution < -0.4 is 10.1 Å². The van der Waals surface area contributed by atoms with Crippen molar-refractivity contribution in [2.45, 2.75) is 51.3 Å². The Bertz CT molecular complexity index is 959. The Labute approximate surface area is 177 Å². The molecule has 0 saturated carbocycles. The van der Waals surface area contributed by atoms with E-state index in [1.54, 1.807) is 56.4 Å². The summed E-state index contributed by atoms with van der Waals surface area (Å²) in [5.41, 5.74) is 1.64. The number of ether oxygens (including phenoxy) is 1. The summed E-state index contributed by atoms with van der Waals surface area (Å²) >= 11 is 5.93. The zero-order chi connectivity index (χ0) is 21.8. The Hall–Kier alpha value is -2.09. The Kier molecular flexibility index (Phi) is 7.68. The molecule has 1 N–H and O–H groups in total. The highest BCUT2D eigenvalue weighted by atomic mass is 35.5.